The van der Waals surface area contributed by atoms with Crippen LogP contribution in [0.15, 0.2) is 43.0 Å². The van der Waals surface area contributed by atoms with Crippen molar-refractivity contribution in [3.8, 4) is 0 Å². The molecule has 1 aromatic rings. The number of hydrogen-bond donors (Lipinski definition) is 0. The molecule has 0 saturated carbocycles. The average Bonchev–Trinajstić information content (AvgIpc) is 2.56. The van der Waals surface area contributed by atoms with Crippen LogP contribution in [0, 0.1) is 5.92 Å². The van der Waals surface area contributed by atoms with Gasteiger partial charge in [0.2, 0.25) is 0 Å². The normalized spacial score (nSPS) is 21.3. The van der Waals surface area contributed by atoms with E-state index in [4.69, 9.17) is 0 Å². The zero-order valence-corrected chi connectivity index (χ0v) is 8.83. The summed E-state index contributed by atoms with van der Waals surface area (Å²) in [6.07, 6.45) is 4.37. The number of hydrogen-bond acceptors (Lipinski definition) is 0. The highest BCUT2D eigenvalue weighted by molar-refractivity contribution is 5.76. The second-order valence-electron chi connectivity index (χ2n) is 4.02. The highest BCUT2D eigenvalue weighted by Gasteiger charge is 2.21. The maximum Gasteiger partial charge on any atom is 0.000185 e. The minimum atomic E-state index is 0.459. The molecule has 0 fully saturated rings. The lowest BCUT2D eigenvalue weighted by molar-refractivity contribution is 0.962. The molecule has 0 aliphatic heterocycles. The molecule has 2 atom stereocenters. The highest BCUT2D eigenvalue weighted by Crippen LogP contribution is 2.39. The van der Waals surface area contributed by atoms with Crippen LogP contribution in [0.5, 0.6) is 0 Å². The smallest absolute Gasteiger partial charge is 0.000185 e. The Kier molecular flexibility index (Phi) is 2.28. The number of allylic oxidation sites excluding steroid dienone is 3. The topological polar surface area (TPSA) is 0 Å². The minimum Gasteiger partial charge on any atom is -0.102 e. The van der Waals surface area contributed by atoms with Gasteiger partial charge in [0.05, 0.1) is 0 Å². The molecule has 0 nitrogen and oxygen atoms in total. The first-order chi connectivity index (χ1) is 6.74. The minimum absolute atomic E-state index is 0.459. The van der Waals surface area contributed by atoms with E-state index >= 15 is 0 Å². The van der Waals surface area contributed by atoms with E-state index in [1.54, 1.807) is 0 Å². The fourth-order valence-corrected chi connectivity index (χ4v) is 2.13. The maximum atomic E-state index is 3.86. The van der Waals surface area contributed by atoms with Crippen LogP contribution in [0.2, 0.25) is 0 Å². The maximum absolute atomic E-state index is 3.86. The van der Waals surface area contributed by atoms with Crippen molar-refractivity contribution in [1.82, 2.24) is 0 Å². The van der Waals surface area contributed by atoms with Crippen LogP contribution in [0.25, 0.3) is 5.57 Å². The van der Waals surface area contributed by atoms with Crippen molar-refractivity contribution >= 4 is 5.57 Å². The first kappa shape index (κ1) is 9.26. The summed E-state index contributed by atoms with van der Waals surface area (Å²) < 4.78 is 0. The van der Waals surface area contributed by atoms with Crippen LogP contribution in [-0.4, -0.2) is 0 Å². The van der Waals surface area contributed by atoms with Crippen LogP contribution < -0.4 is 0 Å². The Morgan fingerprint density at radius 3 is 2.79 bits per heavy atom. The molecule has 0 heteroatoms. The van der Waals surface area contributed by atoms with Gasteiger partial charge < -0.3 is 0 Å². The fraction of sp³-hybridized carbons (Fsp3) is 0.286. The van der Waals surface area contributed by atoms with Crippen molar-refractivity contribution in [2.45, 2.75) is 19.8 Å². The van der Waals surface area contributed by atoms with Crippen LogP contribution in [0.3, 0.4) is 0 Å². The first-order valence-electron chi connectivity index (χ1n) is 5.17. The largest absolute Gasteiger partial charge is 0.102 e. The van der Waals surface area contributed by atoms with Gasteiger partial charge in [-0.15, -0.1) is 6.58 Å². The summed E-state index contributed by atoms with van der Waals surface area (Å²) in [5.74, 6) is 1.02. The first-order valence-corrected chi connectivity index (χ1v) is 5.17. The van der Waals surface area contributed by atoms with Crippen LogP contribution in [0.1, 0.15) is 30.9 Å². The van der Waals surface area contributed by atoms with Crippen molar-refractivity contribution in [2.75, 3.05) is 0 Å². The zero-order chi connectivity index (χ0) is 10.1. The molecular weight excluding hydrogens is 168 g/mol. The lowest BCUT2D eigenvalue weighted by atomic mass is 9.95. The molecule has 1 aromatic carbocycles. The molecule has 1 aliphatic carbocycles. The van der Waals surface area contributed by atoms with E-state index in [0.29, 0.717) is 11.8 Å². The third-order valence-corrected chi connectivity index (χ3v) is 3.04. The standard InChI is InChI=1S/C14H16/c1-4-10(2)14-9-11(3)12-7-5-6-8-13(12)14/h4-11H,1H2,2-3H3/t10?,11-/m0/s1. The second kappa shape index (κ2) is 3.45. The Morgan fingerprint density at radius 1 is 1.36 bits per heavy atom. The van der Waals surface area contributed by atoms with Gasteiger partial charge in [0, 0.05) is 5.92 Å². The van der Waals surface area contributed by atoms with Gasteiger partial charge in [-0.3, -0.25) is 0 Å². The van der Waals surface area contributed by atoms with Crippen molar-refractivity contribution in [2.24, 2.45) is 5.92 Å². The van der Waals surface area contributed by atoms with Gasteiger partial charge in [0.15, 0.2) is 0 Å². The zero-order valence-electron chi connectivity index (χ0n) is 8.83. The predicted molar refractivity (Wildman–Crippen MR) is 62.2 cm³/mol. The van der Waals surface area contributed by atoms with Gasteiger partial charge in [0.25, 0.3) is 0 Å². The van der Waals surface area contributed by atoms with Gasteiger partial charge in [0.1, 0.15) is 0 Å². The van der Waals surface area contributed by atoms with Crippen LogP contribution in [0.4, 0.5) is 0 Å². The summed E-state index contributed by atoms with van der Waals surface area (Å²) in [4.78, 5) is 0. The molecule has 0 spiro atoms. The van der Waals surface area contributed by atoms with Crippen molar-refractivity contribution in [3.05, 3.63) is 54.1 Å². The van der Waals surface area contributed by atoms with Crippen molar-refractivity contribution in [3.63, 3.8) is 0 Å². The average molecular weight is 184 g/mol. The quantitative estimate of drug-likeness (QED) is 0.609. The van der Waals surface area contributed by atoms with E-state index in [0.717, 1.165) is 0 Å². The molecule has 0 N–H and O–H groups in total. The number of fused-ring (bicyclic) bond motifs is 1. The second-order valence-corrected chi connectivity index (χ2v) is 4.02. The SMILES string of the molecule is C=CC(C)C1=C[C@H](C)c2ccccc21. The van der Waals surface area contributed by atoms with Crippen molar-refractivity contribution in [1.29, 1.82) is 0 Å². The third-order valence-electron chi connectivity index (χ3n) is 3.04. The molecule has 2 rings (SSSR count). The summed E-state index contributed by atoms with van der Waals surface area (Å²) in [5, 5.41) is 0. The third kappa shape index (κ3) is 1.31. The van der Waals surface area contributed by atoms with E-state index in [-0.39, 0.29) is 0 Å². The van der Waals surface area contributed by atoms with E-state index in [1.165, 1.54) is 16.7 Å². The molecular formula is C14H16. The summed E-state index contributed by atoms with van der Waals surface area (Å²) in [5.41, 5.74) is 4.30. The highest BCUT2D eigenvalue weighted by atomic mass is 14.3. The summed E-state index contributed by atoms with van der Waals surface area (Å²) in [7, 11) is 0. The van der Waals surface area contributed by atoms with Crippen LogP contribution >= 0.6 is 0 Å². The Bertz CT molecular complexity index is 385. The monoisotopic (exact) mass is 184 g/mol. The van der Waals surface area contributed by atoms with E-state index in [2.05, 4.69) is 50.8 Å². The lowest BCUT2D eigenvalue weighted by Crippen LogP contribution is -1.92. The molecule has 0 heterocycles. The predicted octanol–water partition coefficient (Wildman–Crippen LogP) is 4.01. The fourth-order valence-electron chi connectivity index (χ4n) is 2.13. The van der Waals surface area contributed by atoms with Gasteiger partial charge in [-0.1, -0.05) is 50.3 Å². The van der Waals surface area contributed by atoms with Gasteiger partial charge >= 0.3 is 0 Å². The molecule has 0 bridgehead atoms. The number of rotatable bonds is 2. The van der Waals surface area contributed by atoms with E-state index in [1.807, 2.05) is 6.08 Å². The molecule has 14 heavy (non-hydrogen) atoms. The van der Waals surface area contributed by atoms with Crippen LogP contribution in [-0.2, 0) is 0 Å². The molecule has 0 saturated heterocycles. The number of benzene rings is 1. The lowest BCUT2D eigenvalue weighted by Gasteiger charge is -2.09. The molecule has 1 unspecified atom stereocenters. The summed E-state index contributed by atoms with van der Waals surface area (Å²) in [6.45, 7) is 8.32. The molecule has 72 valence electrons. The Hall–Kier alpha value is -1.30. The van der Waals surface area contributed by atoms with Crippen molar-refractivity contribution < 1.29 is 0 Å². The Morgan fingerprint density at radius 2 is 2.07 bits per heavy atom. The summed E-state index contributed by atoms with van der Waals surface area (Å²) >= 11 is 0. The van der Waals surface area contributed by atoms with Gasteiger partial charge in [-0.25, -0.2) is 0 Å². The summed E-state index contributed by atoms with van der Waals surface area (Å²) in [6, 6.07) is 8.66. The van der Waals surface area contributed by atoms with E-state index < -0.39 is 0 Å². The molecule has 0 amide bonds. The van der Waals surface area contributed by atoms with Gasteiger partial charge in [-0.2, -0.15) is 0 Å². The molecule has 1 aliphatic rings. The molecule has 0 aromatic heterocycles. The van der Waals surface area contributed by atoms with E-state index in [9.17, 15) is 0 Å². The Balaban J connectivity index is 2.48. The Labute approximate surface area is 86.0 Å². The van der Waals surface area contributed by atoms with Gasteiger partial charge in [-0.05, 0) is 22.6 Å². The molecule has 0 radical (unpaired) electrons.